The summed E-state index contributed by atoms with van der Waals surface area (Å²) in [6, 6.07) is 4.08. The fourth-order valence-electron chi connectivity index (χ4n) is 1.32. The number of carbonyl (C=O) groups is 2. The van der Waals surface area contributed by atoms with E-state index in [1.807, 2.05) is 0 Å². The zero-order valence-corrected chi connectivity index (χ0v) is 11.2. The molecule has 0 N–H and O–H groups in total. The number of hydrogen-bond acceptors (Lipinski definition) is 4. The highest BCUT2D eigenvalue weighted by molar-refractivity contribution is 6.32. The minimum absolute atomic E-state index is 0.00902. The van der Waals surface area contributed by atoms with Gasteiger partial charge in [-0.25, -0.2) is 4.39 Å². The Labute approximate surface area is 115 Å². The number of halogens is 2. The summed E-state index contributed by atoms with van der Waals surface area (Å²) < 4.78 is 23.0. The van der Waals surface area contributed by atoms with Gasteiger partial charge < -0.3 is 9.47 Å². The molecule has 0 fully saturated rings. The van der Waals surface area contributed by atoms with Crippen LogP contribution in [0, 0.1) is 5.82 Å². The molecule has 1 rings (SSSR count). The normalized spacial score (nSPS) is 10.1. The molecule has 4 nitrogen and oxygen atoms in total. The summed E-state index contributed by atoms with van der Waals surface area (Å²) in [6.07, 6.45) is -0.0219. The smallest absolute Gasteiger partial charge is 0.306 e. The van der Waals surface area contributed by atoms with Crippen LogP contribution >= 0.6 is 11.6 Å². The Balaban J connectivity index is 2.40. The molecule has 0 amide bonds. The van der Waals surface area contributed by atoms with Crippen molar-refractivity contribution in [3.8, 4) is 5.75 Å². The standard InChI is InChI=1S/C13H14ClFO4/c1-2-18-12(17)7-6-9(16)8-19-13-10(14)4-3-5-11(13)15/h3-5H,2,6-8H2,1H3. The quantitative estimate of drug-likeness (QED) is 0.724. The molecule has 1 aromatic rings. The molecule has 0 aliphatic rings. The molecule has 104 valence electrons. The highest BCUT2D eigenvalue weighted by atomic mass is 35.5. The highest BCUT2D eigenvalue weighted by Gasteiger charge is 2.12. The highest BCUT2D eigenvalue weighted by Crippen LogP contribution is 2.27. The van der Waals surface area contributed by atoms with Crippen LogP contribution in [0.15, 0.2) is 18.2 Å². The molecule has 0 saturated carbocycles. The molecular formula is C13H14ClFO4. The Morgan fingerprint density at radius 1 is 1.32 bits per heavy atom. The number of hydrogen-bond donors (Lipinski definition) is 0. The third kappa shape index (κ3) is 5.26. The number of ketones is 1. The van der Waals surface area contributed by atoms with Gasteiger partial charge in [-0.15, -0.1) is 0 Å². The molecule has 0 saturated heterocycles. The molecule has 0 aliphatic carbocycles. The number of carbonyl (C=O) groups excluding carboxylic acids is 2. The number of para-hydroxylation sites is 1. The third-order valence-electron chi connectivity index (χ3n) is 2.21. The monoisotopic (exact) mass is 288 g/mol. The molecule has 0 radical (unpaired) electrons. The lowest BCUT2D eigenvalue weighted by Crippen LogP contribution is -2.14. The Morgan fingerprint density at radius 2 is 2.05 bits per heavy atom. The maximum Gasteiger partial charge on any atom is 0.306 e. The molecule has 0 bridgehead atoms. The van der Waals surface area contributed by atoms with Gasteiger partial charge in [0.15, 0.2) is 17.3 Å². The first-order chi connectivity index (χ1) is 9.04. The molecule has 6 heteroatoms. The molecule has 19 heavy (non-hydrogen) atoms. The predicted molar refractivity (Wildman–Crippen MR) is 67.8 cm³/mol. The van der Waals surface area contributed by atoms with Crippen LogP contribution in [-0.4, -0.2) is 25.0 Å². The molecule has 0 aliphatic heterocycles. The fourth-order valence-corrected chi connectivity index (χ4v) is 1.54. The second kappa shape index (κ2) is 7.74. The van der Waals surface area contributed by atoms with Crippen LogP contribution in [0.5, 0.6) is 5.75 Å². The van der Waals surface area contributed by atoms with Crippen molar-refractivity contribution >= 4 is 23.4 Å². The maximum absolute atomic E-state index is 13.3. The molecule has 0 aromatic heterocycles. The second-order valence-electron chi connectivity index (χ2n) is 3.68. The zero-order valence-electron chi connectivity index (χ0n) is 10.4. The minimum atomic E-state index is -0.634. The second-order valence-corrected chi connectivity index (χ2v) is 4.09. The van der Waals surface area contributed by atoms with Crippen molar-refractivity contribution in [2.45, 2.75) is 19.8 Å². The predicted octanol–water partition coefficient (Wildman–Crippen LogP) is 2.77. The van der Waals surface area contributed by atoms with Crippen molar-refractivity contribution in [2.24, 2.45) is 0 Å². The maximum atomic E-state index is 13.3. The van der Waals surface area contributed by atoms with Crippen molar-refractivity contribution in [1.82, 2.24) is 0 Å². The topological polar surface area (TPSA) is 52.6 Å². The van der Waals surface area contributed by atoms with E-state index < -0.39 is 11.8 Å². The van der Waals surface area contributed by atoms with E-state index in [2.05, 4.69) is 4.74 Å². The Kier molecular flexibility index (Phi) is 6.29. The van der Waals surface area contributed by atoms with Gasteiger partial charge in [-0.2, -0.15) is 0 Å². The fraction of sp³-hybridized carbons (Fsp3) is 0.385. The average molecular weight is 289 g/mol. The van der Waals surface area contributed by atoms with Crippen molar-refractivity contribution in [3.63, 3.8) is 0 Å². The lowest BCUT2D eigenvalue weighted by Gasteiger charge is -2.08. The summed E-state index contributed by atoms with van der Waals surface area (Å²) in [5.41, 5.74) is 0. The van der Waals surface area contributed by atoms with Gasteiger partial charge in [-0.05, 0) is 19.1 Å². The first kappa shape index (κ1) is 15.4. The van der Waals surface area contributed by atoms with Gasteiger partial charge in [0, 0.05) is 6.42 Å². The summed E-state index contributed by atoms with van der Waals surface area (Å²) in [6.45, 7) is 1.62. The van der Waals surface area contributed by atoms with E-state index in [1.165, 1.54) is 18.2 Å². The van der Waals surface area contributed by atoms with Crippen LogP contribution in [0.25, 0.3) is 0 Å². The third-order valence-corrected chi connectivity index (χ3v) is 2.51. The SMILES string of the molecule is CCOC(=O)CCC(=O)COc1c(F)cccc1Cl. The molecule has 0 unspecified atom stereocenters. The lowest BCUT2D eigenvalue weighted by molar-refractivity contribution is -0.144. The van der Waals surface area contributed by atoms with E-state index in [4.69, 9.17) is 16.3 Å². The number of Topliss-reactive ketones (excluding diaryl/α,β-unsaturated/α-hetero) is 1. The van der Waals surface area contributed by atoms with Crippen molar-refractivity contribution < 1.29 is 23.5 Å². The van der Waals surface area contributed by atoms with Gasteiger partial charge >= 0.3 is 5.97 Å². The molecule has 0 heterocycles. The Hall–Kier alpha value is -1.62. The summed E-state index contributed by atoms with van der Waals surface area (Å²) in [5.74, 6) is -1.56. The van der Waals surface area contributed by atoms with Crippen LogP contribution in [-0.2, 0) is 14.3 Å². The van der Waals surface area contributed by atoms with Gasteiger partial charge in [0.05, 0.1) is 18.1 Å². The van der Waals surface area contributed by atoms with E-state index in [0.717, 1.165) is 0 Å². The van der Waals surface area contributed by atoms with Gasteiger partial charge in [0.2, 0.25) is 0 Å². The minimum Gasteiger partial charge on any atom is -0.481 e. The van der Waals surface area contributed by atoms with E-state index in [-0.39, 0.29) is 42.6 Å². The van der Waals surface area contributed by atoms with Crippen LogP contribution < -0.4 is 4.74 Å². The van der Waals surface area contributed by atoms with Gasteiger partial charge in [0.1, 0.15) is 6.61 Å². The van der Waals surface area contributed by atoms with Crippen LogP contribution in [0.2, 0.25) is 5.02 Å². The van der Waals surface area contributed by atoms with Crippen LogP contribution in [0.1, 0.15) is 19.8 Å². The number of rotatable bonds is 7. The van der Waals surface area contributed by atoms with E-state index in [0.29, 0.717) is 0 Å². The van der Waals surface area contributed by atoms with Gasteiger partial charge in [0.25, 0.3) is 0 Å². The van der Waals surface area contributed by atoms with Gasteiger partial charge in [-0.1, -0.05) is 17.7 Å². The van der Waals surface area contributed by atoms with E-state index in [9.17, 15) is 14.0 Å². The summed E-state index contributed by atoms with van der Waals surface area (Å²) in [5, 5.41) is 0.0955. The van der Waals surface area contributed by atoms with E-state index in [1.54, 1.807) is 6.92 Å². The molecule has 0 spiro atoms. The Bertz CT molecular complexity index is 442. The zero-order chi connectivity index (χ0) is 14.3. The van der Waals surface area contributed by atoms with Crippen molar-refractivity contribution in [3.05, 3.63) is 29.0 Å². The first-order valence-electron chi connectivity index (χ1n) is 5.78. The summed E-state index contributed by atoms with van der Waals surface area (Å²) >= 11 is 5.73. The number of benzene rings is 1. The number of ether oxygens (including phenoxy) is 2. The average Bonchev–Trinajstić information content (AvgIpc) is 2.36. The summed E-state index contributed by atoms with van der Waals surface area (Å²) in [7, 11) is 0. The lowest BCUT2D eigenvalue weighted by atomic mass is 10.2. The van der Waals surface area contributed by atoms with Crippen LogP contribution in [0.3, 0.4) is 0 Å². The van der Waals surface area contributed by atoms with Gasteiger partial charge in [-0.3, -0.25) is 9.59 Å². The molecule has 0 atom stereocenters. The van der Waals surface area contributed by atoms with Crippen molar-refractivity contribution in [1.29, 1.82) is 0 Å². The number of esters is 1. The van der Waals surface area contributed by atoms with E-state index >= 15 is 0 Å². The summed E-state index contributed by atoms with van der Waals surface area (Å²) in [4.78, 5) is 22.5. The largest absolute Gasteiger partial charge is 0.481 e. The first-order valence-corrected chi connectivity index (χ1v) is 6.16. The van der Waals surface area contributed by atoms with Crippen LogP contribution in [0.4, 0.5) is 4.39 Å². The molecule has 1 aromatic carbocycles. The molecular weight excluding hydrogens is 275 g/mol. The van der Waals surface area contributed by atoms with Crippen molar-refractivity contribution in [2.75, 3.05) is 13.2 Å². The Morgan fingerprint density at radius 3 is 2.68 bits per heavy atom.